The standard InChI is InChI=1S/C15H23N7O2/c1-10(2)14-16-15(24-18-14)12-4-7-21(8-5-12)13(23)6-9-22-11(3)17-19-20-22/h10,12H,4-9H2,1-3H3. The predicted octanol–water partition coefficient (Wildman–Crippen LogP) is 1.28. The Morgan fingerprint density at radius 2 is 2.08 bits per heavy atom. The smallest absolute Gasteiger partial charge is 0.229 e. The maximum atomic E-state index is 12.3. The molecule has 0 atom stereocenters. The molecule has 2 aromatic heterocycles. The number of nitrogens with zero attached hydrogens (tertiary/aromatic N) is 7. The normalized spacial score (nSPS) is 16.1. The van der Waals surface area contributed by atoms with E-state index in [1.807, 2.05) is 25.7 Å². The fraction of sp³-hybridized carbons (Fsp3) is 0.733. The van der Waals surface area contributed by atoms with E-state index in [4.69, 9.17) is 4.52 Å². The van der Waals surface area contributed by atoms with Crippen molar-refractivity contribution in [3.8, 4) is 0 Å². The summed E-state index contributed by atoms with van der Waals surface area (Å²) in [7, 11) is 0. The summed E-state index contributed by atoms with van der Waals surface area (Å²) in [5, 5.41) is 15.3. The minimum atomic E-state index is 0.136. The highest BCUT2D eigenvalue weighted by atomic mass is 16.5. The van der Waals surface area contributed by atoms with Crippen LogP contribution >= 0.6 is 0 Å². The Balaban J connectivity index is 1.49. The average molecular weight is 333 g/mol. The van der Waals surface area contributed by atoms with Gasteiger partial charge >= 0.3 is 0 Å². The van der Waals surface area contributed by atoms with Crippen molar-refractivity contribution in [2.75, 3.05) is 13.1 Å². The summed E-state index contributed by atoms with van der Waals surface area (Å²) in [5.74, 6) is 2.82. The first-order valence-corrected chi connectivity index (χ1v) is 8.38. The summed E-state index contributed by atoms with van der Waals surface area (Å²) >= 11 is 0. The highest BCUT2D eigenvalue weighted by Gasteiger charge is 2.27. The summed E-state index contributed by atoms with van der Waals surface area (Å²) in [4.78, 5) is 18.7. The van der Waals surface area contributed by atoms with Crippen molar-refractivity contribution in [3.63, 3.8) is 0 Å². The molecule has 0 aromatic carbocycles. The van der Waals surface area contributed by atoms with Crippen molar-refractivity contribution >= 4 is 5.91 Å². The van der Waals surface area contributed by atoms with Gasteiger partial charge in [0.25, 0.3) is 0 Å². The summed E-state index contributed by atoms with van der Waals surface area (Å²) < 4.78 is 7.03. The molecule has 0 unspecified atom stereocenters. The van der Waals surface area contributed by atoms with Crippen LogP contribution < -0.4 is 0 Å². The lowest BCUT2D eigenvalue weighted by Gasteiger charge is -2.30. The van der Waals surface area contributed by atoms with E-state index >= 15 is 0 Å². The van der Waals surface area contributed by atoms with Gasteiger partial charge < -0.3 is 9.42 Å². The minimum Gasteiger partial charge on any atom is -0.343 e. The molecule has 9 heteroatoms. The summed E-state index contributed by atoms with van der Waals surface area (Å²) in [6, 6.07) is 0. The van der Waals surface area contributed by atoms with Crippen LogP contribution in [0, 0.1) is 6.92 Å². The van der Waals surface area contributed by atoms with E-state index in [0.717, 1.165) is 37.6 Å². The fourth-order valence-corrected chi connectivity index (χ4v) is 2.84. The Labute approximate surface area is 140 Å². The van der Waals surface area contributed by atoms with Crippen LogP contribution in [0.25, 0.3) is 0 Å². The Morgan fingerprint density at radius 1 is 1.33 bits per heavy atom. The fourth-order valence-electron chi connectivity index (χ4n) is 2.84. The topological polar surface area (TPSA) is 103 Å². The zero-order valence-corrected chi connectivity index (χ0v) is 14.3. The second kappa shape index (κ2) is 7.06. The van der Waals surface area contributed by atoms with Crippen LogP contribution in [0.3, 0.4) is 0 Å². The van der Waals surface area contributed by atoms with Crippen LogP contribution in [-0.4, -0.2) is 54.2 Å². The van der Waals surface area contributed by atoms with E-state index in [1.165, 1.54) is 0 Å². The van der Waals surface area contributed by atoms with Crippen molar-refractivity contribution in [3.05, 3.63) is 17.5 Å². The molecule has 24 heavy (non-hydrogen) atoms. The highest BCUT2D eigenvalue weighted by Crippen LogP contribution is 2.28. The van der Waals surface area contributed by atoms with Gasteiger partial charge in [-0.2, -0.15) is 4.98 Å². The molecule has 0 N–H and O–H groups in total. The molecule has 0 spiro atoms. The third-order valence-corrected chi connectivity index (χ3v) is 4.42. The number of aromatic nitrogens is 6. The summed E-state index contributed by atoms with van der Waals surface area (Å²) in [6.45, 7) is 7.87. The molecule has 0 aliphatic carbocycles. The molecule has 0 saturated carbocycles. The van der Waals surface area contributed by atoms with E-state index in [-0.39, 0.29) is 17.7 Å². The maximum Gasteiger partial charge on any atom is 0.229 e. The largest absolute Gasteiger partial charge is 0.343 e. The number of rotatable bonds is 5. The van der Waals surface area contributed by atoms with Crippen LogP contribution in [0.15, 0.2) is 4.52 Å². The number of carbonyl (C=O) groups excluding carboxylic acids is 1. The maximum absolute atomic E-state index is 12.3. The minimum absolute atomic E-state index is 0.136. The van der Waals surface area contributed by atoms with E-state index in [0.29, 0.717) is 18.9 Å². The molecule has 1 aliphatic heterocycles. The number of hydrogen-bond acceptors (Lipinski definition) is 7. The Morgan fingerprint density at radius 3 is 2.67 bits per heavy atom. The SMILES string of the molecule is Cc1nnnn1CCC(=O)N1CCC(c2nc(C(C)C)no2)CC1. The first kappa shape index (κ1) is 16.5. The number of aryl methyl sites for hydroxylation is 2. The van der Waals surface area contributed by atoms with Gasteiger partial charge in [-0.3, -0.25) is 4.79 Å². The summed E-state index contributed by atoms with van der Waals surface area (Å²) in [5.41, 5.74) is 0. The van der Waals surface area contributed by atoms with Gasteiger partial charge in [-0.05, 0) is 30.2 Å². The van der Waals surface area contributed by atoms with E-state index in [1.54, 1.807) is 4.68 Å². The molecule has 0 bridgehead atoms. The van der Waals surface area contributed by atoms with Crippen LogP contribution in [0.1, 0.15) is 62.5 Å². The Bertz CT molecular complexity index is 686. The third-order valence-electron chi connectivity index (χ3n) is 4.42. The number of hydrogen-bond donors (Lipinski definition) is 0. The molecule has 1 fully saturated rings. The first-order chi connectivity index (χ1) is 11.5. The number of tetrazole rings is 1. The van der Waals surface area contributed by atoms with Crippen molar-refractivity contribution in [1.29, 1.82) is 0 Å². The van der Waals surface area contributed by atoms with Crippen LogP contribution in [0.5, 0.6) is 0 Å². The van der Waals surface area contributed by atoms with E-state index in [9.17, 15) is 4.79 Å². The van der Waals surface area contributed by atoms with Crippen LogP contribution in [0.4, 0.5) is 0 Å². The predicted molar refractivity (Wildman–Crippen MR) is 84.1 cm³/mol. The average Bonchev–Trinajstić information content (AvgIpc) is 3.22. The molecule has 130 valence electrons. The molecule has 3 heterocycles. The number of likely N-dealkylation sites (tertiary alicyclic amines) is 1. The zero-order valence-electron chi connectivity index (χ0n) is 14.3. The molecular weight excluding hydrogens is 310 g/mol. The molecule has 2 aromatic rings. The number of amides is 1. The number of carbonyl (C=O) groups is 1. The van der Waals surface area contributed by atoms with Crippen molar-refractivity contribution in [1.82, 2.24) is 35.2 Å². The Hall–Kier alpha value is -2.32. The highest BCUT2D eigenvalue weighted by molar-refractivity contribution is 5.76. The van der Waals surface area contributed by atoms with E-state index < -0.39 is 0 Å². The van der Waals surface area contributed by atoms with Gasteiger partial charge in [0.2, 0.25) is 11.8 Å². The molecular formula is C15H23N7O2. The van der Waals surface area contributed by atoms with Crippen LogP contribution in [0.2, 0.25) is 0 Å². The molecule has 3 rings (SSSR count). The van der Waals surface area contributed by atoms with Crippen LogP contribution in [-0.2, 0) is 11.3 Å². The third kappa shape index (κ3) is 3.60. The van der Waals surface area contributed by atoms with Gasteiger partial charge in [0.15, 0.2) is 5.82 Å². The van der Waals surface area contributed by atoms with Gasteiger partial charge in [-0.1, -0.05) is 19.0 Å². The molecule has 0 radical (unpaired) electrons. The lowest BCUT2D eigenvalue weighted by atomic mass is 9.96. The van der Waals surface area contributed by atoms with Gasteiger partial charge in [0, 0.05) is 31.3 Å². The Kier molecular flexibility index (Phi) is 4.86. The van der Waals surface area contributed by atoms with Gasteiger partial charge in [-0.15, -0.1) is 5.10 Å². The molecule has 1 saturated heterocycles. The molecule has 1 amide bonds. The first-order valence-electron chi connectivity index (χ1n) is 8.38. The molecule has 1 aliphatic rings. The quantitative estimate of drug-likeness (QED) is 0.812. The lowest BCUT2D eigenvalue weighted by Crippen LogP contribution is -2.38. The monoisotopic (exact) mass is 333 g/mol. The van der Waals surface area contributed by atoms with Crippen molar-refractivity contribution in [2.45, 2.75) is 58.4 Å². The zero-order chi connectivity index (χ0) is 17.1. The lowest BCUT2D eigenvalue weighted by molar-refractivity contribution is -0.132. The second-order valence-electron chi connectivity index (χ2n) is 6.50. The van der Waals surface area contributed by atoms with E-state index in [2.05, 4.69) is 25.7 Å². The summed E-state index contributed by atoms with van der Waals surface area (Å²) in [6.07, 6.45) is 2.12. The van der Waals surface area contributed by atoms with Crippen molar-refractivity contribution in [2.24, 2.45) is 0 Å². The number of piperidine rings is 1. The van der Waals surface area contributed by atoms with Crippen molar-refractivity contribution < 1.29 is 9.32 Å². The van der Waals surface area contributed by atoms with Gasteiger partial charge in [0.05, 0.1) is 6.54 Å². The molecule has 9 nitrogen and oxygen atoms in total. The second-order valence-corrected chi connectivity index (χ2v) is 6.50. The van der Waals surface area contributed by atoms with Gasteiger partial charge in [0.1, 0.15) is 5.82 Å². The van der Waals surface area contributed by atoms with Gasteiger partial charge in [-0.25, -0.2) is 4.68 Å².